The van der Waals surface area contributed by atoms with E-state index in [9.17, 15) is 14.7 Å². The minimum atomic E-state index is -1.11. The number of carboxylic acids is 1. The van der Waals surface area contributed by atoms with Gasteiger partial charge >= 0.3 is 5.97 Å². The number of furan rings is 1. The summed E-state index contributed by atoms with van der Waals surface area (Å²) in [5.74, 6) is -0.953. The summed E-state index contributed by atoms with van der Waals surface area (Å²) >= 11 is 5.94. The highest BCUT2D eigenvalue weighted by atomic mass is 35.5. The summed E-state index contributed by atoms with van der Waals surface area (Å²) < 4.78 is 5.11. The first-order chi connectivity index (χ1) is 10.6. The largest absolute Gasteiger partial charge is 0.480 e. The Bertz CT molecular complexity index is 643. The lowest BCUT2D eigenvalue weighted by Crippen LogP contribution is -2.39. The lowest BCUT2D eigenvalue weighted by molar-refractivity contribution is -0.141. The third kappa shape index (κ3) is 4.61. The van der Waals surface area contributed by atoms with E-state index in [1.165, 1.54) is 6.26 Å². The van der Waals surface area contributed by atoms with Gasteiger partial charge in [-0.3, -0.25) is 14.9 Å². The van der Waals surface area contributed by atoms with Crippen molar-refractivity contribution in [3.05, 3.63) is 53.4 Å². The number of halogens is 1. The van der Waals surface area contributed by atoms with Crippen molar-refractivity contribution in [3.63, 3.8) is 0 Å². The molecule has 0 aliphatic heterocycles. The van der Waals surface area contributed by atoms with Crippen molar-refractivity contribution in [1.29, 1.82) is 0 Å². The van der Waals surface area contributed by atoms with E-state index in [1.807, 2.05) is 0 Å². The van der Waals surface area contributed by atoms with Crippen LogP contribution in [-0.4, -0.2) is 23.0 Å². The van der Waals surface area contributed by atoms with Crippen molar-refractivity contribution in [2.75, 3.05) is 5.32 Å². The Labute approximate surface area is 132 Å². The molecule has 1 heterocycles. The monoisotopic (exact) mass is 322 g/mol. The van der Waals surface area contributed by atoms with Gasteiger partial charge in [0.1, 0.15) is 11.8 Å². The molecule has 22 heavy (non-hydrogen) atoms. The van der Waals surface area contributed by atoms with Crippen LogP contribution in [0.2, 0.25) is 5.02 Å². The molecule has 0 aliphatic carbocycles. The summed E-state index contributed by atoms with van der Waals surface area (Å²) in [5, 5.41) is 14.9. The van der Waals surface area contributed by atoms with Crippen LogP contribution in [-0.2, 0) is 16.1 Å². The maximum absolute atomic E-state index is 11.9. The lowest BCUT2D eigenvalue weighted by Gasteiger charge is -2.14. The molecule has 116 valence electrons. The van der Waals surface area contributed by atoms with Crippen LogP contribution < -0.4 is 10.6 Å². The molecule has 0 radical (unpaired) electrons. The van der Waals surface area contributed by atoms with Gasteiger partial charge in [0.15, 0.2) is 0 Å². The second-order valence-electron chi connectivity index (χ2n) is 4.58. The van der Waals surface area contributed by atoms with Gasteiger partial charge in [-0.2, -0.15) is 0 Å². The van der Waals surface area contributed by atoms with Gasteiger partial charge in [-0.1, -0.05) is 23.7 Å². The molecule has 0 saturated heterocycles. The predicted octanol–water partition coefficient (Wildman–Crippen LogP) is 2.50. The highest BCUT2D eigenvalue weighted by Crippen LogP contribution is 2.20. The highest BCUT2D eigenvalue weighted by molar-refractivity contribution is 6.33. The number of nitrogens with one attached hydrogen (secondary N) is 2. The standard InChI is InChI=1S/C15H15ClN2O4/c16-11-5-1-2-6-12(11)18-14(19)8-13(15(20)21)17-9-10-4-3-7-22-10/h1-7,13,17H,8-9H2,(H,18,19)(H,20,21)/t13-/m0/s1. The van der Waals surface area contributed by atoms with Gasteiger partial charge in [0.25, 0.3) is 0 Å². The molecule has 3 N–H and O–H groups in total. The van der Waals surface area contributed by atoms with Crippen molar-refractivity contribution in [3.8, 4) is 0 Å². The van der Waals surface area contributed by atoms with Crippen molar-refractivity contribution < 1.29 is 19.1 Å². The molecule has 0 aliphatic rings. The molecule has 0 bridgehead atoms. The average molecular weight is 323 g/mol. The fraction of sp³-hybridized carbons (Fsp3) is 0.200. The molecule has 1 atom stereocenters. The first-order valence-corrected chi connectivity index (χ1v) is 6.97. The molecule has 1 amide bonds. The number of carbonyl (C=O) groups excluding carboxylic acids is 1. The number of amides is 1. The zero-order chi connectivity index (χ0) is 15.9. The molecular formula is C15H15ClN2O4. The minimum absolute atomic E-state index is 0.221. The summed E-state index contributed by atoms with van der Waals surface area (Å²) in [6.07, 6.45) is 1.28. The smallest absolute Gasteiger partial charge is 0.321 e. The van der Waals surface area contributed by atoms with E-state index in [-0.39, 0.29) is 13.0 Å². The zero-order valence-electron chi connectivity index (χ0n) is 11.6. The van der Waals surface area contributed by atoms with Gasteiger partial charge < -0.3 is 14.8 Å². The molecule has 7 heteroatoms. The van der Waals surface area contributed by atoms with Gasteiger partial charge in [0, 0.05) is 0 Å². The summed E-state index contributed by atoms with van der Waals surface area (Å²) in [4.78, 5) is 23.2. The molecule has 2 aromatic rings. The Kier molecular flexibility index (Phi) is 5.57. The number of hydrogen-bond donors (Lipinski definition) is 3. The Morgan fingerprint density at radius 1 is 1.23 bits per heavy atom. The van der Waals surface area contributed by atoms with Crippen molar-refractivity contribution >= 4 is 29.2 Å². The number of aliphatic carboxylic acids is 1. The van der Waals surface area contributed by atoms with Crippen LogP contribution in [0.3, 0.4) is 0 Å². The minimum Gasteiger partial charge on any atom is -0.480 e. The average Bonchev–Trinajstić information content (AvgIpc) is 2.99. The van der Waals surface area contributed by atoms with Crippen molar-refractivity contribution in [1.82, 2.24) is 5.32 Å². The Balaban J connectivity index is 1.91. The van der Waals surface area contributed by atoms with Crippen molar-refractivity contribution in [2.24, 2.45) is 0 Å². The van der Waals surface area contributed by atoms with Crippen LogP contribution in [0.15, 0.2) is 47.1 Å². The van der Waals surface area contributed by atoms with E-state index in [4.69, 9.17) is 16.0 Å². The summed E-state index contributed by atoms with van der Waals surface area (Å²) in [6.45, 7) is 0.226. The van der Waals surface area contributed by atoms with Crippen LogP contribution in [0.5, 0.6) is 0 Å². The number of carboxylic acid groups (broad SMARTS) is 1. The van der Waals surface area contributed by atoms with Gasteiger partial charge in [-0.15, -0.1) is 0 Å². The maximum atomic E-state index is 11.9. The molecule has 0 saturated carbocycles. The molecule has 2 rings (SSSR count). The summed E-state index contributed by atoms with van der Waals surface area (Å²) in [5.41, 5.74) is 0.448. The Morgan fingerprint density at radius 2 is 2.00 bits per heavy atom. The molecule has 0 unspecified atom stereocenters. The predicted molar refractivity (Wildman–Crippen MR) is 81.7 cm³/mol. The van der Waals surface area contributed by atoms with E-state index >= 15 is 0 Å². The van der Waals surface area contributed by atoms with E-state index < -0.39 is 17.9 Å². The number of hydrogen-bond acceptors (Lipinski definition) is 4. The van der Waals surface area contributed by atoms with E-state index in [0.717, 1.165) is 0 Å². The fourth-order valence-corrected chi connectivity index (χ4v) is 2.02. The normalized spacial score (nSPS) is 11.9. The maximum Gasteiger partial charge on any atom is 0.321 e. The molecule has 1 aromatic heterocycles. The van der Waals surface area contributed by atoms with Gasteiger partial charge in [0.05, 0.1) is 29.9 Å². The molecular weight excluding hydrogens is 308 g/mol. The van der Waals surface area contributed by atoms with Crippen LogP contribution in [0.1, 0.15) is 12.2 Å². The topological polar surface area (TPSA) is 91.6 Å². The third-order valence-electron chi connectivity index (χ3n) is 2.94. The van der Waals surface area contributed by atoms with E-state index in [1.54, 1.807) is 36.4 Å². The SMILES string of the molecule is O=C(C[C@H](NCc1ccco1)C(=O)O)Nc1ccccc1Cl. The summed E-state index contributed by atoms with van der Waals surface area (Å²) in [6, 6.07) is 9.15. The Hall–Kier alpha value is -2.31. The van der Waals surface area contributed by atoms with Gasteiger partial charge in [-0.25, -0.2) is 0 Å². The van der Waals surface area contributed by atoms with Crippen LogP contribution in [0.4, 0.5) is 5.69 Å². The molecule has 1 aromatic carbocycles. The van der Waals surface area contributed by atoms with Crippen LogP contribution in [0, 0.1) is 0 Å². The first-order valence-electron chi connectivity index (χ1n) is 6.59. The van der Waals surface area contributed by atoms with E-state index in [0.29, 0.717) is 16.5 Å². The quantitative estimate of drug-likeness (QED) is 0.728. The summed E-state index contributed by atoms with van der Waals surface area (Å²) in [7, 11) is 0. The lowest BCUT2D eigenvalue weighted by atomic mass is 10.2. The molecule has 6 nitrogen and oxygen atoms in total. The second kappa shape index (κ2) is 7.63. The van der Waals surface area contributed by atoms with Gasteiger partial charge in [0.2, 0.25) is 5.91 Å². The number of anilines is 1. The molecule has 0 spiro atoms. The van der Waals surface area contributed by atoms with Crippen molar-refractivity contribution in [2.45, 2.75) is 19.0 Å². The number of rotatable bonds is 7. The third-order valence-corrected chi connectivity index (χ3v) is 3.27. The van der Waals surface area contributed by atoms with Gasteiger partial charge in [-0.05, 0) is 24.3 Å². The Morgan fingerprint density at radius 3 is 2.64 bits per heavy atom. The molecule has 0 fully saturated rings. The fourth-order valence-electron chi connectivity index (χ4n) is 1.83. The second-order valence-corrected chi connectivity index (χ2v) is 4.99. The highest BCUT2D eigenvalue weighted by Gasteiger charge is 2.21. The number of carbonyl (C=O) groups is 2. The van der Waals surface area contributed by atoms with Crippen LogP contribution in [0.25, 0.3) is 0 Å². The first kappa shape index (κ1) is 16.1. The number of benzene rings is 1. The van der Waals surface area contributed by atoms with Crippen LogP contribution >= 0.6 is 11.6 Å². The zero-order valence-corrected chi connectivity index (χ0v) is 12.3. The van der Waals surface area contributed by atoms with E-state index in [2.05, 4.69) is 10.6 Å². The number of para-hydroxylation sites is 1.